The van der Waals surface area contributed by atoms with E-state index in [1.54, 1.807) is 11.3 Å². The third kappa shape index (κ3) is 3.20. The van der Waals surface area contributed by atoms with Crippen LogP contribution in [-0.4, -0.2) is 4.98 Å². The van der Waals surface area contributed by atoms with Gasteiger partial charge in [0.05, 0.1) is 10.7 Å². The lowest BCUT2D eigenvalue weighted by atomic mass is 9.86. The highest BCUT2D eigenvalue weighted by Gasteiger charge is 2.25. The van der Waals surface area contributed by atoms with Crippen molar-refractivity contribution in [3.63, 3.8) is 0 Å². The van der Waals surface area contributed by atoms with E-state index in [9.17, 15) is 0 Å². The molecule has 1 heterocycles. The van der Waals surface area contributed by atoms with Crippen LogP contribution < -0.4 is 5.73 Å². The minimum atomic E-state index is 0.00775. The number of hydrogen-bond donors (Lipinski definition) is 1. The minimum absolute atomic E-state index is 0.00775. The molecular formula is C19H20N2S. The standard InChI is InChI=1S/C19H20N2S/c1-19(2,12-14-8-10-16(20)11-9-14)18-21-17(13-22-18)15-6-4-3-5-7-15/h3-11,13H,12,20H2,1-2H3. The van der Waals surface area contributed by atoms with Gasteiger partial charge >= 0.3 is 0 Å². The second-order valence-corrected chi connectivity index (χ2v) is 7.06. The minimum Gasteiger partial charge on any atom is -0.399 e. The highest BCUT2D eigenvalue weighted by molar-refractivity contribution is 7.10. The lowest BCUT2D eigenvalue weighted by molar-refractivity contribution is 0.519. The summed E-state index contributed by atoms with van der Waals surface area (Å²) in [7, 11) is 0. The van der Waals surface area contributed by atoms with Gasteiger partial charge in [0.15, 0.2) is 0 Å². The van der Waals surface area contributed by atoms with E-state index in [1.807, 2.05) is 30.3 Å². The molecule has 0 amide bonds. The maximum atomic E-state index is 5.76. The predicted molar refractivity (Wildman–Crippen MR) is 95.1 cm³/mol. The number of nitrogens with zero attached hydrogens (tertiary/aromatic N) is 1. The Morgan fingerprint density at radius 1 is 1.00 bits per heavy atom. The molecule has 0 atom stereocenters. The van der Waals surface area contributed by atoms with Crippen molar-refractivity contribution >= 4 is 17.0 Å². The fourth-order valence-electron chi connectivity index (χ4n) is 2.55. The summed E-state index contributed by atoms with van der Waals surface area (Å²) in [6.45, 7) is 4.49. The molecule has 0 fully saturated rings. The Bertz CT molecular complexity index is 743. The molecule has 0 radical (unpaired) electrons. The number of nitrogens with two attached hydrogens (primary N) is 1. The quantitative estimate of drug-likeness (QED) is 0.695. The predicted octanol–water partition coefficient (Wildman–Crippen LogP) is 4.91. The molecule has 0 spiro atoms. The summed E-state index contributed by atoms with van der Waals surface area (Å²) in [5.74, 6) is 0. The van der Waals surface area contributed by atoms with Crippen molar-refractivity contribution in [2.75, 3.05) is 5.73 Å². The highest BCUT2D eigenvalue weighted by Crippen LogP contribution is 2.33. The van der Waals surface area contributed by atoms with Crippen LogP contribution in [0.4, 0.5) is 5.69 Å². The number of aromatic nitrogens is 1. The van der Waals surface area contributed by atoms with Gasteiger partial charge in [0, 0.05) is 22.0 Å². The second kappa shape index (κ2) is 5.93. The van der Waals surface area contributed by atoms with E-state index in [4.69, 9.17) is 10.7 Å². The fourth-order valence-corrected chi connectivity index (χ4v) is 3.50. The second-order valence-electron chi connectivity index (χ2n) is 6.21. The Morgan fingerprint density at radius 3 is 2.36 bits per heavy atom. The Morgan fingerprint density at radius 2 is 1.68 bits per heavy atom. The zero-order valence-electron chi connectivity index (χ0n) is 12.9. The maximum Gasteiger partial charge on any atom is 0.0992 e. The van der Waals surface area contributed by atoms with Crippen molar-refractivity contribution in [3.8, 4) is 11.3 Å². The van der Waals surface area contributed by atoms with Gasteiger partial charge in [-0.1, -0.05) is 56.3 Å². The first kappa shape index (κ1) is 14.8. The van der Waals surface area contributed by atoms with Crippen molar-refractivity contribution in [3.05, 3.63) is 70.5 Å². The molecule has 3 heteroatoms. The van der Waals surface area contributed by atoms with Gasteiger partial charge in [-0.15, -0.1) is 11.3 Å². The van der Waals surface area contributed by atoms with Gasteiger partial charge in [-0.25, -0.2) is 4.98 Å². The van der Waals surface area contributed by atoms with E-state index < -0.39 is 0 Å². The number of anilines is 1. The van der Waals surface area contributed by atoms with Crippen LogP contribution in [0.5, 0.6) is 0 Å². The largest absolute Gasteiger partial charge is 0.399 e. The van der Waals surface area contributed by atoms with Crippen LogP contribution in [-0.2, 0) is 11.8 Å². The molecule has 0 bridgehead atoms. The van der Waals surface area contributed by atoms with E-state index in [0.29, 0.717) is 0 Å². The van der Waals surface area contributed by atoms with Crippen molar-refractivity contribution in [2.24, 2.45) is 0 Å². The molecule has 0 aliphatic carbocycles. The number of thiazole rings is 1. The van der Waals surface area contributed by atoms with Gasteiger partial charge in [0.2, 0.25) is 0 Å². The molecule has 3 aromatic rings. The molecule has 0 aliphatic heterocycles. The Kier molecular flexibility index (Phi) is 3.99. The third-order valence-corrected chi connectivity index (χ3v) is 4.99. The lowest BCUT2D eigenvalue weighted by Gasteiger charge is -2.22. The topological polar surface area (TPSA) is 38.9 Å². The monoisotopic (exact) mass is 308 g/mol. The average molecular weight is 308 g/mol. The fraction of sp³-hybridized carbons (Fsp3) is 0.211. The first-order valence-corrected chi connectivity index (χ1v) is 8.28. The summed E-state index contributed by atoms with van der Waals surface area (Å²) >= 11 is 1.74. The molecule has 22 heavy (non-hydrogen) atoms. The maximum absolute atomic E-state index is 5.76. The van der Waals surface area contributed by atoms with Crippen LogP contribution in [0.3, 0.4) is 0 Å². The molecule has 0 saturated carbocycles. The summed E-state index contributed by atoms with van der Waals surface area (Å²) in [5, 5.41) is 3.32. The molecule has 112 valence electrons. The van der Waals surface area contributed by atoms with Crippen LogP contribution in [0, 0.1) is 0 Å². The summed E-state index contributed by atoms with van der Waals surface area (Å²) in [4.78, 5) is 4.86. The highest BCUT2D eigenvalue weighted by atomic mass is 32.1. The van der Waals surface area contributed by atoms with E-state index in [2.05, 4.69) is 43.5 Å². The van der Waals surface area contributed by atoms with E-state index in [1.165, 1.54) is 16.1 Å². The van der Waals surface area contributed by atoms with Gasteiger partial charge < -0.3 is 5.73 Å². The van der Waals surface area contributed by atoms with Crippen molar-refractivity contribution < 1.29 is 0 Å². The molecule has 0 unspecified atom stereocenters. The zero-order chi connectivity index (χ0) is 15.6. The number of benzene rings is 2. The first-order chi connectivity index (χ1) is 10.5. The van der Waals surface area contributed by atoms with Gasteiger partial charge in [-0.2, -0.15) is 0 Å². The van der Waals surface area contributed by atoms with Crippen molar-refractivity contribution in [2.45, 2.75) is 25.7 Å². The van der Waals surface area contributed by atoms with Gasteiger partial charge in [0.1, 0.15) is 0 Å². The molecule has 2 aromatic carbocycles. The van der Waals surface area contributed by atoms with Crippen molar-refractivity contribution in [1.82, 2.24) is 4.98 Å². The van der Waals surface area contributed by atoms with Gasteiger partial charge in [0.25, 0.3) is 0 Å². The molecule has 1 aromatic heterocycles. The zero-order valence-corrected chi connectivity index (χ0v) is 13.7. The summed E-state index contributed by atoms with van der Waals surface area (Å²) in [6.07, 6.45) is 0.953. The first-order valence-electron chi connectivity index (χ1n) is 7.40. The summed E-state index contributed by atoms with van der Waals surface area (Å²) in [6, 6.07) is 18.5. The number of hydrogen-bond acceptors (Lipinski definition) is 3. The summed E-state index contributed by atoms with van der Waals surface area (Å²) < 4.78 is 0. The summed E-state index contributed by atoms with van der Waals surface area (Å²) in [5.41, 5.74) is 10.1. The molecule has 0 saturated heterocycles. The molecule has 0 aliphatic rings. The SMILES string of the molecule is CC(C)(Cc1ccc(N)cc1)c1nc(-c2ccccc2)cs1. The van der Waals surface area contributed by atoms with E-state index >= 15 is 0 Å². The Hall–Kier alpha value is -2.13. The van der Waals surface area contributed by atoms with Crippen LogP contribution in [0.25, 0.3) is 11.3 Å². The third-order valence-electron chi connectivity index (χ3n) is 3.78. The molecule has 2 nitrogen and oxygen atoms in total. The number of nitrogen functional groups attached to an aromatic ring is 1. The molecule has 3 rings (SSSR count). The Balaban J connectivity index is 1.83. The normalized spacial score (nSPS) is 11.5. The average Bonchev–Trinajstić information content (AvgIpc) is 3.01. The number of rotatable bonds is 4. The molecular weight excluding hydrogens is 288 g/mol. The smallest absolute Gasteiger partial charge is 0.0992 e. The van der Waals surface area contributed by atoms with Crippen LogP contribution in [0.2, 0.25) is 0 Å². The van der Waals surface area contributed by atoms with E-state index in [0.717, 1.165) is 17.8 Å². The van der Waals surface area contributed by atoms with Crippen LogP contribution >= 0.6 is 11.3 Å². The van der Waals surface area contributed by atoms with E-state index in [-0.39, 0.29) is 5.41 Å². The van der Waals surface area contributed by atoms with Gasteiger partial charge in [-0.3, -0.25) is 0 Å². The van der Waals surface area contributed by atoms with Crippen molar-refractivity contribution in [1.29, 1.82) is 0 Å². The molecule has 2 N–H and O–H groups in total. The van der Waals surface area contributed by atoms with Crippen LogP contribution in [0.15, 0.2) is 60.0 Å². The van der Waals surface area contributed by atoms with Gasteiger partial charge in [-0.05, 0) is 24.1 Å². The lowest BCUT2D eigenvalue weighted by Crippen LogP contribution is -2.20. The Labute approximate surface area is 135 Å². The van der Waals surface area contributed by atoms with Crippen LogP contribution in [0.1, 0.15) is 24.4 Å².